The van der Waals surface area contributed by atoms with Crippen molar-refractivity contribution in [1.29, 1.82) is 0 Å². The fraction of sp³-hybridized carbons (Fsp3) is 0.417. The fourth-order valence-electron chi connectivity index (χ4n) is 1.34. The summed E-state index contributed by atoms with van der Waals surface area (Å²) in [5.41, 5.74) is 0.308. The van der Waals surface area contributed by atoms with Crippen molar-refractivity contribution in [2.45, 2.75) is 25.8 Å². The maximum absolute atomic E-state index is 12.1. The van der Waals surface area contributed by atoms with Crippen LogP contribution in [0.25, 0.3) is 0 Å². The highest BCUT2D eigenvalue weighted by atomic mass is 79.9. The summed E-state index contributed by atoms with van der Waals surface area (Å²) in [4.78, 5) is 12.1. The van der Waals surface area contributed by atoms with E-state index in [1.807, 2.05) is 13.8 Å². The topological polar surface area (TPSA) is 29.1 Å². The molecule has 2 nitrogen and oxygen atoms in total. The van der Waals surface area contributed by atoms with Crippen molar-refractivity contribution in [3.05, 3.63) is 33.3 Å². The van der Waals surface area contributed by atoms with Crippen LogP contribution >= 0.6 is 43.5 Å². The Morgan fingerprint density at radius 3 is 2.71 bits per heavy atom. The summed E-state index contributed by atoms with van der Waals surface area (Å²) in [5, 5.41) is 4.38. The van der Waals surface area contributed by atoms with Gasteiger partial charge in [0, 0.05) is 20.4 Å². The van der Waals surface area contributed by atoms with Crippen LogP contribution in [0, 0.1) is 0 Å². The number of amides is 1. The van der Waals surface area contributed by atoms with Crippen molar-refractivity contribution < 1.29 is 4.79 Å². The van der Waals surface area contributed by atoms with Crippen LogP contribution < -0.4 is 5.32 Å². The van der Waals surface area contributed by atoms with E-state index in [1.54, 1.807) is 18.2 Å². The second kappa shape index (κ2) is 6.21. The highest BCUT2D eigenvalue weighted by molar-refractivity contribution is 9.10. The number of benzene rings is 1. The normalized spacial score (nSPS) is 11.4. The van der Waals surface area contributed by atoms with E-state index in [1.165, 1.54) is 0 Å². The van der Waals surface area contributed by atoms with Crippen LogP contribution in [0.5, 0.6) is 0 Å². The molecule has 0 heterocycles. The van der Waals surface area contributed by atoms with Crippen LogP contribution in [0.2, 0.25) is 5.02 Å². The lowest BCUT2D eigenvalue weighted by atomic mass is 10.0. The number of rotatable bonds is 4. The molecule has 0 unspecified atom stereocenters. The van der Waals surface area contributed by atoms with E-state index in [4.69, 9.17) is 11.6 Å². The van der Waals surface area contributed by atoms with Gasteiger partial charge in [-0.2, -0.15) is 0 Å². The van der Waals surface area contributed by atoms with E-state index in [-0.39, 0.29) is 11.4 Å². The quantitative estimate of drug-likeness (QED) is 0.768. The predicted molar refractivity (Wildman–Crippen MR) is 79.1 cm³/mol. The summed E-state index contributed by atoms with van der Waals surface area (Å²) in [7, 11) is 0. The van der Waals surface area contributed by atoms with Gasteiger partial charge in [0.25, 0.3) is 5.91 Å². The van der Waals surface area contributed by atoms with E-state index in [0.717, 1.165) is 16.2 Å². The zero-order valence-electron chi connectivity index (χ0n) is 9.69. The second-order valence-electron chi connectivity index (χ2n) is 4.40. The van der Waals surface area contributed by atoms with Crippen molar-refractivity contribution in [2.75, 3.05) is 5.33 Å². The Hall–Kier alpha value is -0.0600. The van der Waals surface area contributed by atoms with Crippen molar-refractivity contribution in [3.8, 4) is 0 Å². The van der Waals surface area contributed by atoms with Crippen LogP contribution in [0.15, 0.2) is 22.7 Å². The molecule has 1 amide bonds. The molecule has 0 aliphatic heterocycles. The molecule has 0 atom stereocenters. The standard InChI is InChI=1S/C12H14Br2ClNO/c1-12(2,5-6-13)16-11(17)9-7-8(15)3-4-10(9)14/h3-4,7H,5-6H2,1-2H3,(H,16,17). The summed E-state index contributed by atoms with van der Waals surface area (Å²) in [6.45, 7) is 3.98. The Labute approximate surface area is 123 Å². The Morgan fingerprint density at radius 1 is 1.47 bits per heavy atom. The van der Waals surface area contributed by atoms with Crippen molar-refractivity contribution in [3.63, 3.8) is 0 Å². The van der Waals surface area contributed by atoms with Crippen LogP contribution in [0.1, 0.15) is 30.6 Å². The molecule has 0 aliphatic rings. The highest BCUT2D eigenvalue weighted by Gasteiger charge is 2.21. The molecule has 1 N–H and O–H groups in total. The lowest BCUT2D eigenvalue weighted by Crippen LogP contribution is -2.43. The molecule has 0 saturated carbocycles. The van der Waals surface area contributed by atoms with Gasteiger partial charge in [0.1, 0.15) is 0 Å². The molecule has 0 bridgehead atoms. The van der Waals surface area contributed by atoms with Crippen LogP contribution in [0.3, 0.4) is 0 Å². The minimum atomic E-state index is -0.248. The van der Waals surface area contributed by atoms with Crippen molar-refractivity contribution in [2.24, 2.45) is 0 Å². The Bertz CT molecular complexity index is 421. The summed E-state index contributed by atoms with van der Waals surface area (Å²) < 4.78 is 0.744. The Balaban J connectivity index is 2.86. The number of alkyl halides is 1. The van der Waals surface area contributed by atoms with E-state index < -0.39 is 0 Å². The molecule has 17 heavy (non-hydrogen) atoms. The third-order valence-corrected chi connectivity index (χ3v) is 3.67. The first-order chi connectivity index (χ1) is 7.85. The van der Waals surface area contributed by atoms with Gasteiger partial charge in [-0.1, -0.05) is 27.5 Å². The molecule has 94 valence electrons. The van der Waals surface area contributed by atoms with Crippen molar-refractivity contribution >= 4 is 49.4 Å². The van der Waals surface area contributed by atoms with Gasteiger partial charge in [-0.25, -0.2) is 0 Å². The SMILES string of the molecule is CC(C)(CCBr)NC(=O)c1cc(Cl)ccc1Br. The minimum absolute atomic E-state index is 0.120. The summed E-state index contributed by atoms with van der Waals surface area (Å²) in [6.07, 6.45) is 0.858. The maximum atomic E-state index is 12.1. The average Bonchev–Trinajstić information content (AvgIpc) is 2.20. The zero-order chi connectivity index (χ0) is 13.1. The monoisotopic (exact) mass is 381 g/mol. The molecule has 0 radical (unpaired) electrons. The summed E-state index contributed by atoms with van der Waals surface area (Å²) in [6, 6.07) is 5.17. The molecular formula is C12H14Br2ClNO. The number of carbonyl (C=O) groups is 1. The first-order valence-corrected chi connectivity index (χ1v) is 7.48. The third-order valence-electron chi connectivity index (χ3n) is 2.34. The predicted octanol–water partition coefficient (Wildman–Crippen LogP) is 4.40. The molecule has 1 aromatic rings. The largest absolute Gasteiger partial charge is 0.347 e. The molecule has 0 saturated heterocycles. The van der Waals surface area contributed by atoms with Crippen molar-refractivity contribution in [1.82, 2.24) is 5.32 Å². The molecule has 0 spiro atoms. The van der Waals surface area contributed by atoms with Crippen LogP contribution in [-0.2, 0) is 0 Å². The Kier molecular flexibility index (Phi) is 5.48. The van der Waals surface area contributed by atoms with E-state index in [2.05, 4.69) is 37.2 Å². The van der Waals surface area contributed by atoms with Gasteiger partial charge in [-0.3, -0.25) is 4.79 Å². The van der Waals surface area contributed by atoms with E-state index in [9.17, 15) is 4.79 Å². The highest BCUT2D eigenvalue weighted by Crippen LogP contribution is 2.22. The number of carbonyl (C=O) groups excluding carboxylic acids is 1. The maximum Gasteiger partial charge on any atom is 0.252 e. The molecule has 1 aromatic carbocycles. The Morgan fingerprint density at radius 2 is 2.12 bits per heavy atom. The van der Waals surface area contributed by atoms with Gasteiger partial charge in [-0.05, 0) is 54.4 Å². The van der Waals surface area contributed by atoms with E-state index >= 15 is 0 Å². The first-order valence-electron chi connectivity index (χ1n) is 5.19. The van der Waals surface area contributed by atoms with Crippen LogP contribution in [-0.4, -0.2) is 16.8 Å². The molecule has 5 heteroatoms. The lowest BCUT2D eigenvalue weighted by molar-refractivity contribution is 0.0911. The fourth-order valence-corrected chi connectivity index (χ4v) is 2.93. The molecule has 1 rings (SSSR count). The molecule has 0 aliphatic carbocycles. The van der Waals surface area contributed by atoms with Gasteiger partial charge in [-0.15, -0.1) is 0 Å². The summed E-state index contributed by atoms with van der Waals surface area (Å²) in [5.74, 6) is -0.120. The zero-order valence-corrected chi connectivity index (χ0v) is 13.6. The van der Waals surface area contributed by atoms with Gasteiger partial charge < -0.3 is 5.32 Å². The van der Waals surface area contributed by atoms with Gasteiger partial charge >= 0.3 is 0 Å². The smallest absolute Gasteiger partial charge is 0.252 e. The number of hydrogen-bond acceptors (Lipinski definition) is 1. The number of halogens is 3. The number of hydrogen-bond donors (Lipinski definition) is 1. The summed E-state index contributed by atoms with van der Waals surface area (Å²) >= 11 is 12.6. The first kappa shape index (κ1) is 15.0. The van der Waals surface area contributed by atoms with Crippen LogP contribution in [0.4, 0.5) is 0 Å². The lowest BCUT2D eigenvalue weighted by Gasteiger charge is -2.25. The van der Waals surface area contributed by atoms with E-state index in [0.29, 0.717) is 10.6 Å². The minimum Gasteiger partial charge on any atom is -0.347 e. The average molecular weight is 384 g/mol. The number of nitrogens with one attached hydrogen (secondary N) is 1. The molecule has 0 fully saturated rings. The third kappa shape index (κ3) is 4.60. The molecule has 0 aromatic heterocycles. The van der Waals surface area contributed by atoms with Gasteiger partial charge in [0.15, 0.2) is 0 Å². The molecular weight excluding hydrogens is 369 g/mol. The van der Waals surface area contributed by atoms with Gasteiger partial charge in [0.2, 0.25) is 0 Å². The van der Waals surface area contributed by atoms with Gasteiger partial charge in [0.05, 0.1) is 5.56 Å². The second-order valence-corrected chi connectivity index (χ2v) is 6.48.